The predicted octanol–water partition coefficient (Wildman–Crippen LogP) is 1.22. The summed E-state index contributed by atoms with van der Waals surface area (Å²) in [6, 6.07) is 5.57. The third-order valence-electron chi connectivity index (χ3n) is 3.22. The zero-order valence-corrected chi connectivity index (χ0v) is 10.2. The van der Waals surface area contributed by atoms with Gasteiger partial charge >= 0.3 is 0 Å². The first-order valence-electron chi connectivity index (χ1n) is 5.77. The molecule has 1 aromatic rings. The Morgan fingerprint density at radius 1 is 1.53 bits per heavy atom. The van der Waals surface area contributed by atoms with E-state index in [9.17, 15) is 4.79 Å². The molecule has 1 fully saturated rings. The molecule has 0 aromatic heterocycles. The monoisotopic (exact) mass is 234 g/mol. The van der Waals surface area contributed by atoms with Gasteiger partial charge in [0.05, 0.1) is 18.2 Å². The lowest BCUT2D eigenvalue weighted by Crippen LogP contribution is -2.42. The molecule has 17 heavy (non-hydrogen) atoms. The normalized spacial score (nSPS) is 16.4. The zero-order chi connectivity index (χ0) is 12.5. The fraction of sp³-hybridized carbons (Fsp3) is 0.462. The smallest absolute Gasteiger partial charge is 0.255 e. The van der Waals surface area contributed by atoms with E-state index in [1.165, 1.54) is 0 Å². The quantitative estimate of drug-likeness (QED) is 0.823. The Morgan fingerprint density at radius 3 is 2.76 bits per heavy atom. The van der Waals surface area contributed by atoms with Gasteiger partial charge in [-0.2, -0.15) is 0 Å². The predicted molar refractivity (Wildman–Crippen MR) is 66.2 cm³/mol. The molecule has 0 bridgehead atoms. The number of nitrogens with two attached hydrogens (primary N) is 1. The van der Waals surface area contributed by atoms with Crippen molar-refractivity contribution in [2.45, 2.75) is 25.3 Å². The van der Waals surface area contributed by atoms with Crippen LogP contribution in [0.25, 0.3) is 0 Å². The van der Waals surface area contributed by atoms with Crippen LogP contribution in [0.5, 0.6) is 5.75 Å². The van der Waals surface area contributed by atoms with Crippen molar-refractivity contribution in [3.63, 3.8) is 0 Å². The van der Waals surface area contributed by atoms with Crippen molar-refractivity contribution in [3.05, 3.63) is 29.3 Å². The number of methoxy groups -OCH3 is 1. The summed E-state index contributed by atoms with van der Waals surface area (Å²) in [5, 5.41) is 2.99. The third-order valence-corrected chi connectivity index (χ3v) is 3.22. The van der Waals surface area contributed by atoms with E-state index < -0.39 is 0 Å². The van der Waals surface area contributed by atoms with Crippen LogP contribution in [0.15, 0.2) is 18.2 Å². The van der Waals surface area contributed by atoms with Crippen LogP contribution in [0, 0.1) is 6.92 Å². The van der Waals surface area contributed by atoms with Gasteiger partial charge in [-0.3, -0.25) is 4.79 Å². The number of carbonyl (C=O) groups excluding carboxylic acids is 1. The lowest BCUT2D eigenvalue weighted by Gasteiger charge is -2.16. The van der Waals surface area contributed by atoms with Gasteiger partial charge in [-0.05, 0) is 31.9 Å². The summed E-state index contributed by atoms with van der Waals surface area (Å²) in [6.45, 7) is 2.44. The van der Waals surface area contributed by atoms with Crippen LogP contribution in [0.3, 0.4) is 0 Å². The SMILES string of the molecule is COc1ccc(C)cc1C(=O)NC1(CN)CC1. The molecule has 4 nitrogen and oxygen atoms in total. The largest absolute Gasteiger partial charge is 0.496 e. The number of ether oxygens (including phenoxy) is 1. The van der Waals surface area contributed by atoms with Gasteiger partial charge in [0.1, 0.15) is 5.75 Å². The van der Waals surface area contributed by atoms with E-state index in [4.69, 9.17) is 10.5 Å². The Hall–Kier alpha value is -1.55. The molecule has 0 atom stereocenters. The summed E-state index contributed by atoms with van der Waals surface area (Å²) in [5.74, 6) is 0.495. The Morgan fingerprint density at radius 2 is 2.24 bits per heavy atom. The maximum absolute atomic E-state index is 12.1. The number of hydrogen-bond acceptors (Lipinski definition) is 3. The average Bonchev–Trinajstić information content (AvgIpc) is 3.09. The maximum Gasteiger partial charge on any atom is 0.255 e. The highest BCUT2D eigenvalue weighted by Crippen LogP contribution is 2.34. The number of carbonyl (C=O) groups is 1. The van der Waals surface area contributed by atoms with Crippen LogP contribution in [0.2, 0.25) is 0 Å². The minimum Gasteiger partial charge on any atom is -0.496 e. The molecule has 2 rings (SSSR count). The molecular weight excluding hydrogens is 216 g/mol. The second kappa shape index (κ2) is 4.37. The van der Waals surface area contributed by atoms with Crippen LogP contribution in [-0.4, -0.2) is 25.1 Å². The average molecular weight is 234 g/mol. The molecule has 0 unspecified atom stereocenters. The Bertz CT molecular complexity index is 439. The molecule has 0 saturated heterocycles. The zero-order valence-electron chi connectivity index (χ0n) is 10.2. The minimum atomic E-state index is -0.175. The molecule has 0 radical (unpaired) electrons. The van der Waals surface area contributed by atoms with Crippen molar-refractivity contribution in [1.29, 1.82) is 0 Å². The molecule has 1 saturated carbocycles. The van der Waals surface area contributed by atoms with E-state index in [-0.39, 0.29) is 11.4 Å². The van der Waals surface area contributed by atoms with Gasteiger partial charge in [0.25, 0.3) is 5.91 Å². The van der Waals surface area contributed by atoms with Crippen molar-refractivity contribution in [2.24, 2.45) is 5.73 Å². The molecule has 4 heteroatoms. The molecule has 1 aromatic carbocycles. The first-order chi connectivity index (χ1) is 8.10. The van der Waals surface area contributed by atoms with E-state index >= 15 is 0 Å². The molecule has 92 valence electrons. The first-order valence-corrected chi connectivity index (χ1v) is 5.77. The molecular formula is C13H18N2O2. The molecule has 1 aliphatic carbocycles. The third kappa shape index (κ3) is 2.42. The summed E-state index contributed by atoms with van der Waals surface area (Å²) >= 11 is 0. The number of hydrogen-bond donors (Lipinski definition) is 2. The highest BCUT2D eigenvalue weighted by molar-refractivity contribution is 5.97. The molecule has 0 spiro atoms. The Labute approximate surface area is 101 Å². The van der Waals surface area contributed by atoms with E-state index in [1.807, 2.05) is 25.1 Å². The van der Waals surface area contributed by atoms with Gasteiger partial charge < -0.3 is 15.8 Å². The van der Waals surface area contributed by atoms with E-state index in [2.05, 4.69) is 5.32 Å². The Balaban J connectivity index is 2.21. The summed E-state index contributed by atoms with van der Waals surface area (Å²) in [5.41, 5.74) is 7.09. The van der Waals surface area contributed by atoms with Gasteiger partial charge in [-0.1, -0.05) is 11.6 Å². The summed E-state index contributed by atoms with van der Waals surface area (Å²) in [6.07, 6.45) is 1.92. The molecule has 0 aliphatic heterocycles. The topological polar surface area (TPSA) is 64.3 Å². The van der Waals surface area contributed by atoms with Gasteiger partial charge in [0, 0.05) is 6.54 Å². The minimum absolute atomic E-state index is 0.103. The van der Waals surface area contributed by atoms with Crippen molar-refractivity contribution in [3.8, 4) is 5.75 Å². The second-order valence-electron chi connectivity index (χ2n) is 4.64. The number of nitrogens with one attached hydrogen (secondary N) is 1. The van der Waals surface area contributed by atoms with Gasteiger partial charge in [-0.25, -0.2) is 0 Å². The number of benzene rings is 1. The van der Waals surface area contributed by atoms with Gasteiger partial charge in [-0.15, -0.1) is 0 Å². The van der Waals surface area contributed by atoms with Crippen molar-refractivity contribution < 1.29 is 9.53 Å². The fourth-order valence-electron chi connectivity index (χ4n) is 1.84. The summed E-state index contributed by atoms with van der Waals surface area (Å²) in [4.78, 5) is 12.1. The van der Waals surface area contributed by atoms with Crippen LogP contribution < -0.4 is 15.8 Å². The van der Waals surface area contributed by atoms with Crippen molar-refractivity contribution >= 4 is 5.91 Å². The standard InChI is InChI=1S/C13H18N2O2/c1-9-3-4-11(17-2)10(7-9)12(16)15-13(8-14)5-6-13/h3-4,7H,5-6,8,14H2,1-2H3,(H,15,16). The van der Waals surface area contributed by atoms with Gasteiger partial charge in [0.2, 0.25) is 0 Å². The molecule has 1 amide bonds. The fourth-order valence-corrected chi connectivity index (χ4v) is 1.84. The molecule has 3 N–H and O–H groups in total. The maximum atomic E-state index is 12.1. The number of rotatable bonds is 4. The molecule has 1 aliphatic rings. The lowest BCUT2D eigenvalue weighted by atomic mass is 10.1. The second-order valence-corrected chi connectivity index (χ2v) is 4.64. The molecule has 0 heterocycles. The number of aryl methyl sites for hydroxylation is 1. The van der Waals surface area contributed by atoms with Crippen LogP contribution >= 0.6 is 0 Å². The summed E-state index contributed by atoms with van der Waals surface area (Å²) < 4.78 is 5.20. The van der Waals surface area contributed by atoms with E-state index in [0.717, 1.165) is 18.4 Å². The van der Waals surface area contributed by atoms with E-state index in [1.54, 1.807) is 7.11 Å². The van der Waals surface area contributed by atoms with Crippen LogP contribution in [-0.2, 0) is 0 Å². The lowest BCUT2D eigenvalue weighted by molar-refractivity contribution is 0.0930. The van der Waals surface area contributed by atoms with Gasteiger partial charge in [0.15, 0.2) is 0 Å². The highest BCUT2D eigenvalue weighted by Gasteiger charge is 2.42. The Kier molecular flexibility index (Phi) is 3.07. The van der Waals surface area contributed by atoms with Crippen LogP contribution in [0.4, 0.5) is 0 Å². The van der Waals surface area contributed by atoms with E-state index in [0.29, 0.717) is 17.9 Å². The van der Waals surface area contributed by atoms with Crippen molar-refractivity contribution in [2.75, 3.05) is 13.7 Å². The number of amides is 1. The first kappa shape index (κ1) is 11.9. The highest BCUT2D eigenvalue weighted by atomic mass is 16.5. The van der Waals surface area contributed by atoms with Crippen LogP contribution in [0.1, 0.15) is 28.8 Å². The van der Waals surface area contributed by atoms with Crippen molar-refractivity contribution in [1.82, 2.24) is 5.32 Å². The summed E-state index contributed by atoms with van der Waals surface area (Å²) in [7, 11) is 1.57.